The molecule has 0 radical (unpaired) electrons. The normalized spacial score (nSPS) is 10.2. The van der Waals surface area contributed by atoms with Crippen molar-refractivity contribution >= 4 is 17.5 Å². The van der Waals surface area contributed by atoms with Crippen LogP contribution < -0.4 is 5.32 Å². The molecule has 2 rings (SSSR count). The van der Waals surface area contributed by atoms with Gasteiger partial charge in [0.15, 0.2) is 0 Å². The molecular formula is C11H9ClN2O3. The Morgan fingerprint density at radius 3 is 2.94 bits per heavy atom. The Bertz CT molecular complexity index is 526. The molecule has 1 heterocycles. The summed E-state index contributed by atoms with van der Waals surface area (Å²) in [5.41, 5.74) is 1.000. The highest BCUT2D eigenvalue weighted by atomic mass is 35.5. The largest absolute Gasteiger partial charge is 0.506 e. The molecule has 2 N–H and O–H groups in total. The molecular weight excluding hydrogens is 244 g/mol. The number of phenolic OH excluding ortho intramolecular Hbond substituents is 1. The predicted octanol–water partition coefficient (Wildman–Crippen LogP) is 1.96. The first-order chi connectivity index (χ1) is 8.16. The summed E-state index contributed by atoms with van der Waals surface area (Å²) in [5, 5.41) is 15.7. The molecule has 1 aromatic heterocycles. The number of amides is 1. The Morgan fingerprint density at radius 2 is 2.29 bits per heavy atom. The summed E-state index contributed by atoms with van der Waals surface area (Å²) in [7, 11) is 0. The lowest BCUT2D eigenvalue weighted by Gasteiger charge is -2.04. The summed E-state index contributed by atoms with van der Waals surface area (Å²) < 4.78 is 4.63. The number of hydrogen-bond acceptors (Lipinski definition) is 4. The zero-order valence-electron chi connectivity index (χ0n) is 8.68. The second kappa shape index (κ2) is 4.88. The van der Waals surface area contributed by atoms with Gasteiger partial charge in [-0.25, -0.2) is 0 Å². The second-order valence-electron chi connectivity index (χ2n) is 3.34. The SMILES string of the molecule is O=C(NCc1ccon1)c1ccc(O)c(Cl)c1. The van der Waals surface area contributed by atoms with Gasteiger partial charge in [0.05, 0.1) is 11.6 Å². The first-order valence-corrected chi connectivity index (χ1v) is 5.20. The van der Waals surface area contributed by atoms with E-state index in [-0.39, 0.29) is 23.2 Å². The summed E-state index contributed by atoms with van der Waals surface area (Å²) in [4.78, 5) is 11.7. The molecule has 88 valence electrons. The van der Waals surface area contributed by atoms with Crippen LogP contribution in [0.3, 0.4) is 0 Å². The van der Waals surface area contributed by atoms with Crippen molar-refractivity contribution in [2.24, 2.45) is 0 Å². The molecule has 0 fully saturated rings. The minimum absolute atomic E-state index is 0.0558. The van der Waals surface area contributed by atoms with E-state index >= 15 is 0 Å². The quantitative estimate of drug-likeness (QED) is 0.876. The van der Waals surface area contributed by atoms with Gasteiger partial charge in [-0.3, -0.25) is 4.79 Å². The number of halogens is 1. The molecule has 5 nitrogen and oxygen atoms in total. The highest BCUT2D eigenvalue weighted by molar-refractivity contribution is 6.32. The Morgan fingerprint density at radius 1 is 1.47 bits per heavy atom. The van der Waals surface area contributed by atoms with E-state index in [9.17, 15) is 9.90 Å². The first-order valence-electron chi connectivity index (χ1n) is 4.83. The van der Waals surface area contributed by atoms with E-state index in [1.54, 1.807) is 6.07 Å². The van der Waals surface area contributed by atoms with Gasteiger partial charge in [-0.05, 0) is 18.2 Å². The van der Waals surface area contributed by atoms with Crippen molar-refractivity contribution in [1.82, 2.24) is 10.5 Å². The van der Waals surface area contributed by atoms with E-state index in [1.165, 1.54) is 24.5 Å². The van der Waals surface area contributed by atoms with E-state index < -0.39 is 0 Å². The molecule has 0 spiro atoms. The number of carbonyl (C=O) groups is 1. The summed E-state index contributed by atoms with van der Waals surface area (Å²) in [6, 6.07) is 5.91. The average molecular weight is 253 g/mol. The Hall–Kier alpha value is -2.01. The van der Waals surface area contributed by atoms with E-state index in [2.05, 4.69) is 15.0 Å². The van der Waals surface area contributed by atoms with Crippen LogP contribution in [0.25, 0.3) is 0 Å². The van der Waals surface area contributed by atoms with Crippen molar-refractivity contribution < 1.29 is 14.4 Å². The summed E-state index contributed by atoms with van der Waals surface area (Å²) in [6.07, 6.45) is 1.43. The van der Waals surface area contributed by atoms with Gasteiger partial charge in [0.1, 0.15) is 17.7 Å². The minimum atomic E-state index is -0.296. The van der Waals surface area contributed by atoms with Crippen LogP contribution in [-0.4, -0.2) is 16.2 Å². The van der Waals surface area contributed by atoms with Crippen molar-refractivity contribution in [3.05, 3.63) is 46.8 Å². The molecule has 0 aliphatic carbocycles. The molecule has 6 heteroatoms. The van der Waals surface area contributed by atoms with Crippen LogP contribution in [0.5, 0.6) is 5.75 Å². The molecule has 0 aliphatic rings. The van der Waals surface area contributed by atoms with Crippen LogP contribution in [0.4, 0.5) is 0 Å². The third kappa shape index (κ3) is 2.76. The van der Waals surface area contributed by atoms with Crippen LogP contribution in [0.15, 0.2) is 35.1 Å². The fourth-order valence-electron chi connectivity index (χ4n) is 1.25. The Kier molecular flexibility index (Phi) is 3.30. The summed E-state index contributed by atoms with van der Waals surface area (Å²) >= 11 is 5.70. The van der Waals surface area contributed by atoms with Crippen LogP contribution in [0.1, 0.15) is 16.1 Å². The molecule has 17 heavy (non-hydrogen) atoms. The van der Waals surface area contributed by atoms with Crippen LogP contribution in [-0.2, 0) is 6.54 Å². The molecule has 1 amide bonds. The van der Waals surface area contributed by atoms with Gasteiger partial charge in [0.2, 0.25) is 0 Å². The standard InChI is InChI=1S/C11H9ClN2O3/c12-9-5-7(1-2-10(9)15)11(16)13-6-8-3-4-17-14-8/h1-5,15H,6H2,(H,13,16). The highest BCUT2D eigenvalue weighted by Crippen LogP contribution is 2.23. The van der Waals surface area contributed by atoms with Gasteiger partial charge < -0.3 is 14.9 Å². The zero-order valence-corrected chi connectivity index (χ0v) is 9.44. The third-order valence-corrected chi connectivity index (χ3v) is 2.43. The lowest BCUT2D eigenvalue weighted by Crippen LogP contribution is -2.22. The van der Waals surface area contributed by atoms with Crippen molar-refractivity contribution in [2.45, 2.75) is 6.54 Å². The smallest absolute Gasteiger partial charge is 0.251 e. The number of rotatable bonds is 3. The fraction of sp³-hybridized carbons (Fsp3) is 0.0909. The van der Waals surface area contributed by atoms with Gasteiger partial charge in [-0.1, -0.05) is 16.8 Å². The number of aromatic hydroxyl groups is 1. The average Bonchev–Trinajstić information content (AvgIpc) is 2.82. The van der Waals surface area contributed by atoms with Gasteiger partial charge in [0, 0.05) is 11.6 Å². The number of hydrogen-bond donors (Lipinski definition) is 2. The molecule has 2 aromatic rings. The van der Waals surface area contributed by atoms with E-state index in [1.807, 2.05) is 0 Å². The lowest BCUT2D eigenvalue weighted by atomic mass is 10.2. The molecule has 0 saturated carbocycles. The van der Waals surface area contributed by atoms with Crippen LogP contribution in [0.2, 0.25) is 5.02 Å². The number of benzene rings is 1. The molecule has 0 atom stereocenters. The highest BCUT2D eigenvalue weighted by Gasteiger charge is 2.08. The third-order valence-electron chi connectivity index (χ3n) is 2.13. The van der Waals surface area contributed by atoms with Gasteiger partial charge in [0.25, 0.3) is 5.91 Å². The summed E-state index contributed by atoms with van der Waals surface area (Å²) in [6.45, 7) is 0.272. The number of nitrogens with zero attached hydrogens (tertiary/aromatic N) is 1. The maximum atomic E-state index is 11.7. The van der Waals surface area contributed by atoms with E-state index in [4.69, 9.17) is 11.6 Å². The van der Waals surface area contributed by atoms with Crippen molar-refractivity contribution in [3.63, 3.8) is 0 Å². The first kappa shape index (κ1) is 11.5. The Labute approximate surface area is 102 Å². The number of nitrogens with one attached hydrogen (secondary N) is 1. The molecule has 0 aliphatic heterocycles. The predicted molar refractivity (Wildman–Crippen MR) is 60.8 cm³/mol. The molecule has 0 bridgehead atoms. The lowest BCUT2D eigenvalue weighted by molar-refractivity contribution is 0.0950. The van der Waals surface area contributed by atoms with E-state index in [0.29, 0.717) is 11.3 Å². The van der Waals surface area contributed by atoms with E-state index in [0.717, 1.165) is 0 Å². The van der Waals surface area contributed by atoms with Gasteiger partial charge >= 0.3 is 0 Å². The van der Waals surface area contributed by atoms with Gasteiger partial charge in [-0.2, -0.15) is 0 Å². The Balaban J connectivity index is 2.02. The number of aromatic nitrogens is 1. The topological polar surface area (TPSA) is 75.4 Å². The van der Waals surface area contributed by atoms with Crippen LogP contribution in [0, 0.1) is 0 Å². The number of phenols is 1. The second-order valence-corrected chi connectivity index (χ2v) is 3.75. The molecule has 1 aromatic carbocycles. The van der Waals surface area contributed by atoms with Crippen molar-refractivity contribution in [1.29, 1.82) is 0 Å². The van der Waals surface area contributed by atoms with Crippen LogP contribution >= 0.6 is 11.6 Å². The molecule has 0 unspecified atom stereocenters. The fourth-order valence-corrected chi connectivity index (χ4v) is 1.43. The number of carbonyl (C=O) groups excluding carboxylic acids is 1. The van der Waals surface area contributed by atoms with Gasteiger partial charge in [-0.15, -0.1) is 0 Å². The zero-order chi connectivity index (χ0) is 12.3. The minimum Gasteiger partial charge on any atom is -0.506 e. The summed E-state index contributed by atoms with van der Waals surface area (Å²) in [5.74, 6) is -0.352. The van der Waals surface area contributed by atoms with Crippen molar-refractivity contribution in [2.75, 3.05) is 0 Å². The molecule has 0 saturated heterocycles. The monoisotopic (exact) mass is 252 g/mol. The van der Waals surface area contributed by atoms with Crippen molar-refractivity contribution in [3.8, 4) is 5.75 Å². The maximum absolute atomic E-state index is 11.7. The maximum Gasteiger partial charge on any atom is 0.251 e.